The van der Waals surface area contributed by atoms with E-state index in [0.29, 0.717) is 6.54 Å². The minimum atomic E-state index is -0.726. The van der Waals surface area contributed by atoms with E-state index in [1.54, 1.807) is 12.2 Å². The molecular formula is C23H38N4O5. The molecule has 3 unspecified atom stereocenters. The predicted octanol–water partition coefficient (Wildman–Crippen LogP) is 1.50. The third-order valence-corrected chi connectivity index (χ3v) is 5.65. The summed E-state index contributed by atoms with van der Waals surface area (Å²) >= 11 is 0. The van der Waals surface area contributed by atoms with Crippen molar-refractivity contribution in [2.24, 2.45) is 5.73 Å². The molecule has 2 heterocycles. The summed E-state index contributed by atoms with van der Waals surface area (Å²) in [7, 11) is 0. The molecule has 0 saturated heterocycles. The van der Waals surface area contributed by atoms with Crippen LogP contribution in [0.1, 0.15) is 76.5 Å². The number of rotatable bonds is 15. The number of aliphatic hydroxyl groups excluding tert-OH is 1. The Morgan fingerprint density at radius 3 is 2.56 bits per heavy atom. The van der Waals surface area contributed by atoms with Crippen LogP contribution < -0.4 is 22.3 Å². The molecule has 0 saturated carbocycles. The summed E-state index contributed by atoms with van der Waals surface area (Å²) in [5.74, 6) is -0.274. The molecule has 32 heavy (non-hydrogen) atoms. The lowest BCUT2D eigenvalue weighted by Gasteiger charge is -2.15. The molecule has 0 radical (unpaired) electrons. The molecule has 0 bridgehead atoms. The second kappa shape index (κ2) is 14.0. The van der Waals surface area contributed by atoms with Crippen LogP contribution in [0.5, 0.6) is 0 Å². The van der Waals surface area contributed by atoms with Gasteiger partial charge >= 0.3 is 5.69 Å². The summed E-state index contributed by atoms with van der Waals surface area (Å²) < 4.78 is 6.71. The summed E-state index contributed by atoms with van der Waals surface area (Å²) in [6.45, 7) is 2.53. The Bertz CT molecular complexity index is 848. The van der Waals surface area contributed by atoms with Gasteiger partial charge in [-0.3, -0.25) is 19.1 Å². The fourth-order valence-corrected chi connectivity index (χ4v) is 3.74. The van der Waals surface area contributed by atoms with Crippen LogP contribution in [0.15, 0.2) is 27.9 Å². The minimum Gasteiger partial charge on any atom is -0.393 e. The molecule has 0 spiro atoms. The molecule has 1 aliphatic rings. The number of aromatic amines is 1. The molecule has 1 amide bonds. The van der Waals surface area contributed by atoms with Crippen molar-refractivity contribution in [2.75, 3.05) is 13.2 Å². The van der Waals surface area contributed by atoms with Crippen molar-refractivity contribution in [3.8, 4) is 0 Å². The first-order valence-electron chi connectivity index (χ1n) is 11.8. The number of carbonyl (C=O) groups is 1. The standard InChI is InChI=1S/C23H38N4O5/c1-2-3-4-6-9-18(24)10-7-5-8-13-25-20(29)14-17-15-27(23(31)26-22(17)30)21-12-11-19(16-28)32-21/h11-12,15,18-19,21,28H,2-10,13-14,16,24H2,1H3,(H,25,29)(H,26,30,31). The number of aromatic nitrogens is 2. The Morgan fingerprint density at radius 2 is 1.91 bits per heavy atom. The average molecular weight is 451 g/mol. The number of aliphatic hydroxyl groups is 1. The average Bonchev–Trinajstić information content (AvgIpc) is 3.24. The van der Waals surface area contributed by atoms with Crippen LogP contribution in [0.3, 0.4) is 0 Å². The van der Waals surface area contributed by atoms with Crippen molar-refractivity contribution in [1.82, 2.24) is 14.9 Å². The largest absolute Gasteiger partial charge is 0.393 e. The Morgan fingerprint density at radius 1 is 1.19 bits per heavy atom. The highest BCUT2D eigenvalue weighted by molar-refractivity contribution is 5.78. The van der Waals surface area contributed by atoms with E-state index < -0.39 is 23.6 Å². The van der Waals surface area contributed by atoms with Gasteiger partial charge in [-0.15, -0.1) is 0 Å². The van der Waals surface area contributed by atoms with Gasteiger partial charge in [0.1, 0.15) is 6.10 Å². The zero-order chi connectivity index (χ0) is 23.3. The van der Waals surface area contributed by atoms with Crippen molar-refractivity contribution in [1.29, 1.82) is 0 Å². The van der Waals surface area contributed by atoms with Gasteiger partial charge in [0.15, 0.2) is 6.23 Å². The molecular weight excluding hydrogens is 412 g/mol. The number of hydrogen-bond donors (Lipinski definition) is 4. The molecule has 3 atom stereocenters. The fourth-order valence-electron chi connectivity index (χ4n) is 3.74. The van der Waals surface area contributed by atoms with Gasteiger partial charge in [-0.05, 0) is 25.3 Å². The van der Waals surface area contributed by atoms with Gasteiger partial charge in [0, 0.05) is 24.3 Å². The van der Waals surface area contributed by atoms with Crippen molar-refractivity contribution in [3.05, 3.63) is 44.8 Å². The van der Waals surface area contributed by atoms with Crippen molar-refractivity contribution in [2.45, 2.75) is 89.5 Å². The van der Waals surface area contributed by atoms with Gasteiger partial charge in [-0.1, -0.05) is 51.5 Å². The summed E-state index contributed by atoms with van der Waals surface area (Å²) in [6, 6.07) is 0.259. The van der Waals surface area contributed by atoms with Gasteiger partial charge in [-0.25, -0.2) is 4.79 Å². The normalized spacial score (nSPS) is 18.7. The molecule has 0 fully saturated rings. The van der Waals surface area contributed by atoms with E-state index in [9.17, 15) is 14.4 Å². The zero-order valence-corrected chi connectivity index (χ0v) is 19.1. The lowest BCUT2D eigenvalue weighted by Crippen LogP contribution is -2.36. The quantitative estimate of drug-likeness (QED) is 0.236. The van der Waals surface area contributed by atoms with Gasteiger partial charge in [0.05, 0.1) is 13.0 Å². The number of amides is 1. The molecule has 5 N–H and O–H groups in total. The number of ether oxygens (including phenoxy) is 1. The number of carbonyl (C=O) groups excluding carboxylic acids is 1. The van der Waals surface area contributed by atoms with Crippen LogP contribution in [0.4, 0.5) is 0 Å². The van der Waals surface area contributed by atoms with Crippen molar-refractivity contribution in [3.63, 3.8) is 0 Å². The Labute approximate surface area is 189 Å². The summed E-state index contributed by atoms with van der Waals surface area (Å²) in [5.41, 5.74) is 5.11. The molecule has 1 aliphatic heterocycles. The second-order valence-corrected chi connectivity index (χ2v) is 8.44. The second-order valence-electron chi connectivity index (χ2n) is 8.44. The fraction of sp³-hybridized carbons (Fsp3) is 0.696. The number of nitrogens with two attached hydrogens (primary N) is 1. The first-order chi connectivity index (χ1) is 15.4. The Hall–Kier alpha value is -2.23. The highest BCUT2D eigenvalue weighted by Gasteiger charge is 2.22. The van der Waals surface area contributed by atoms with Gasteiger partial charge in [0.25, 0.3) is 5.56 Å². The van der Waals surface area contributed by atoms with Crippen LogP contribution in [-0.2, 0) is 16.0 Å². The van der Waals surface area contributed by atoms with Crippen LogP contribution in [0.2, 0.25) is 0 Å². The highest BCUT2D eigenvalue weighted by atomic mass is 16.5. The number of nitrogens with one attached hydrogen (secondary N) is 2. The van der Waals surface area contributed by atoms with E-state index in [1.807, 2.05) is 0 Å². The maximum absolute atomic E-state index is 12.2. The Balaban J connectivity index is 1.70. The van der Waals surface area contributed by atoms with E-state index in [-0.39, 0.29) is 30.5 Å². The van der Waals surface area contributed by atoms with Gasteiger partial charge < -0.3 is 20.9 Å². The van der Waals surface area contributed by atoms with E-state index in [4.69, 9.17) is 15.6 Å². The Kier molecular flexibility index (Phi) is 11.4. The molecule has 2 rings (SSSR count). The van der Waals surface area contributed by atoms with Crippen LogP contribution in [0.25, 0.3) is 0 Å². The smallest absolute Gasteiger partial charge is 0.330 e. The van der Waals surface area contributed by atoms with Crippen molar-refractivity contribution >= 4 is 5.91 Å². The molecule has 1 aromatic rings. The molecule has 0 aromatic carbocycles. The third-order valence-electron chi connectivity index (χ3n) is 5.65. The van der Waals surface area contributed by atoms with Crippen molar-refractivity contribution < 1.29 is 14.6 Å². The van der Waals surface area contributed by atoms with Crippen LogP contribution in [-0.4, -0.2) is 45.9 Å². The number of unbranched alkanes of at least 4 members (excludes halogenated alkanes) is 5. The maximum atomic E-state index is 12.2. The molecule has 9 nitrogen and oxygen atoms in total. The van der Waals surface area contributed by atoms with Crippen LogP contribution >= 0.6 is 0 Å². The molecule has 180 valence electrons. The zero-order valence-electron chi connectivity index (χ0n) is 19.1. The predicted molar refractivity (Wildman–Crippen MR) is 123 cm³/mol. The number of H-pyrrole nitrogens is 1. The van der Waals surface area contributed by atoms with Gasteiger partial charge in [-0.2, -0.15) is 0 Å². The van der Waals surface area contributed by atoms with Gasteiger partial charge in [0.2, 0.25) is 5.91 Å². The third kappa shape index (κ3) is 8.72. The van der Waals surface area contributed by atoms with Crippen LogP contribution in [0, 0.1) is 0 Å². The number of nitrogens with zero attached hydrogens (tertiary/aromatic N) is 1. The SMILES string of the molecule is CCCCCCC(N)CCCCCNC(=O)Cc1cn(C2C=CC(CO)O2)c(=O)[nH]c1=O. The van der Waals surface area contributed by atoms with E-state index in [2.05, 4.69) is 17.2 Å². The summed E-state index contributed by atoms with van der Waals surface area (Å²) in [4.78, 5) is 38.6. The lowest BCUT2D eigenvalue weighted by molar-refractivity contribution is -0.120. The lowest BCUT2D eigenvalue weighted by atomic mass is 10.0. The molecule has 9 heteroatoms. The first-order valence-corrected chi connectivity index (χ1v) is 11.8. The first kappa shape index (κ1) is 26.0. The summed E-state index contributed by atoms with van der Waals surface area (Å²) in [5, 5.41) is 12.0. The summed E-state index contributed by atoms with van der Waals surface area (Å²) in [6.07, 6.45) is 13.2. The molecule has 1 aromatic heterocycles. The monoisotopic (exact) mass is 450 g/mol. The molecule has 0 aliphatic carbocycles. The van der Waals surface area contributed by atoms with E-state index in [0.717, 1.165) is 32.1 Å². The maximum Gasteiger partial charge on any atom is 0.330 e. The van der Waals surface area contributed by atoms with E-state index >= 15 is 0 Å². The number of hydrogen-bond acceptors (Lipinski definition) is 6. The topological polar surface area (TPSA) is 139 Å². The highest BCUT2D eigenvalue weighted by Crippen LogP contribution is 2.19. The van der Waals surface area contributed by atoms with E-state index in [1.165, 1.54) is 36.4 Å². The minimum absolute atomic E-state index is 0.127.